The van der Waals surface area contributed by atoms with Gasteiger partial charge in [-0.25, -0.2) is 4.79 Å². The molecule has 0 aliphatic rings. The van der Waals surface area contributed by atoms with Gasteiger partial charge in [0.15, 0.2) is 0 Å². The first-order valence-corrected chi connectivity index (χ1v) is 7.99. The van der Waals surface area contributed by atoms with Crippen molar-refractivity contribution in [1.82, 2.24) is 10.6 Å². The van der Waals surface area contributed by atoms with Crippen LogP contribution in [0.3, 0.4) is 0 Å². The summed E-state index contributed by atoms with van der Waals surface area (Å²) in [4.78, 5) is 13.7. The molecule has 0 bridgehead atoms. The lowest BCUT2D eigenvalue weighted by molar-refractivity contribution is 0.129. The summed E-state index contributed by atoms with van der Waals surface area (Å²) < 4.78 is 5.44. The molecule has 0 spiro atoms. The van der Waals surface area contributed by atoms with E-state index in [2.05, 4.69) is 17.6 Å². The van der Waals surface area contributed by atoms with E-state index < -0.39 is 0 Å². The Morgan fingerprint density at radius 2 is 1.77 bits per heavy atom. The second-order valence-corrected chi connectivity index (χ2v) is 5.49. The van der Waals surface area contributed by atoms with Crippen LogP contribution in [0.5, 0.6) is 0 Å². The van der Waals surface area contributed by atoms with Crippen LogP contribution in [0.2, 0.25) is 0 Å². The molecule has 1 rings (SSSR count). The molecule has 0 radical (unpaired) electrons. The van der Waals surface area contributed by atoms with E-state index in [1.54, 1.807) is 0 Å². The molecule has 0 unspecified atom stereocenters. The highest BCUT2D eigenvalue weighted by atomic mass is 16.5. The van der Waals surface area contributed by atoms with Gasteiger partial charge in [-0.3, -0.25) is 0 Å². The number of carbonyl (C=O) groups excluding carboxylic acids is 1. The van der Waals surface area contributed by atoms with Crippen LogP contribution in [0.4, 0.5) is 10.5 Å². The first-order chi connectivity index (χ1) is 10.6. The van der Waals surface area contributed by atoms with E-state index in [1.807, 2.05) is 43.3 Å². The third-order valence-corrected chi connectivity index (χ3v) is 3.30. The zero-order valence-corrected chi connectivity index (χ0v) is 14.0. The molecule has 5 heteroatoms. The first kappa shape index (κ1) is 18.3. The van der Waals surface area contributed by atoms with E-state index in [9.17, 15) is 4.79 Å². The van der Waals surface area contributed by atoms with Crippen LogP contribution in [0, 0.1) is 0 Å². The summed E-state index contributed by atoms with van der Waals surface area (Å²) in [7, 11) is 4.01. The van der Waals surface area contributed by atoms with E-state index in [-0.39, 0.29) is 6.03 Å². The zero-order valence-electron chi connectivity index (χ0n) is 14.0. The highest BCUT2D eigenvalue weighted by Gasteiger charge is 2.01. The van der Waals surface area contributed by atoms with E-state index >= 15 is 0 Å². The largest absolute Gasteiger partial charge is 0.381 e. The molecule has 0 aromatic heterocycles. The molecule has 22 heavy (non-hydrogen) atoms. The van der Waals surface area contributed by atoms with Gasteiger partial charge in [0.05, 0.1) is 0 Å². The maximum atomic E-state index is 11.7. The minimum Gasteiger partial charge on any atom is -0.381 e. The van der Waals surface area contributed by atoms with Gasteiger partial charge in [0.2, 0.25) is 0 Å². The number of rotatable bonds is 10. The fraction of sp³-hybridized carbons (Fsp3) is 0.588. The van der Waals surface area contributed by atoms with Gasteiger partial charge in [0.1, 0.15) is 0 Å². The molecule has 2 N–H and O–H groups in total. The number of amides is 2. The predicted octanol–water partition coefficient (Wildman–Crippen LogP) is 2.76. The highest BCUT2D eigenvalue weighted by Crippen LogP contribution is 2.11. The van der Waals surface area contributed by atoms with Crippen molar-refractivity contribution in [3.05, 3.63) is 29.8 Å². The Morgan fingerprint density at radius 1 is 1.09 bits per heavy atom. The molecule has 1 aromatic carbocycles. The summed E-state index contributed by atoms with van der Waals surface area (Å²) in [6.45, 7) is 4.82. The molecule has 124 valence electrons. The Bertz CT molecular complexity index is 418. The Hall–Kier alpha value is -1.75. The number of nitrogens with one attached hydrogen (secondary N) is 2. The number of anilines is 1. The number of hydrogen-bond acceptors (Lipinski definition) is 3. The fourth-order valence-corrected chi connectivity index (χ4v) is 1.88. The number of unbranched alkanes of at least 4 members (excludes halogenated alkanes) is 1. The fourth-order valence-electron chi connectivity index (χ4n) is 1.88. The Kier molecular flexibility index (Phi) is 9.07. The molecular formula is C17H29N3O2. The van der Waals surface area contributed by atoms with Crippen LogP contribution in [-0.2, 0) is 11.3 Å². The minimum atomic E-state index is -0.134. The summed E-state index contributed by atoms with van der Waals surface area (Å²) in [6.07, 6.45) is 3.09. The lowest BCUT2D eigenvalue weighted by Gasteiger charge is -2.13. The van der Waals surface area contributed by atoms with Crippen LogP contribution >= 0.6 is 0 Å². The van der Waals surface area contributed by atoms with Gasteiger partial charge in [0.25, 0.3) is 0 Å². The predicted molar refractivity (Wildman–Crippen MR) is 91.4 cm³/mol. The molecule has 0 aliphatic heterocycles. The molecule has 2 amide bonds. The van der Waals surface area contributed by atoms with Crippen molar-refractivity contribution in [3.63, 3.8) is 0 Å². The van der Waals surface area contributed by atoms with Crippen molar-refractivity contribution in [2.75, 3.05) is 38.8 Å². The number of benzene rings is 1. The zero-order chi connectivity index (χ0) is 16.2. The third kappa shape index (κ3) is 7.88. The summed E-state index contributed by atoms with van der Waals surface area (Å²) >= 11 is 0. The van der Waals surface area contributed by atoms with Gasteiger partial charge in [-0.15, -0.1) is 0 Å². The van der Waals surface area contributed by atoms with Crippen molar-refractivity contribution < 1.29 is 9.53 Å². The van der Waals surface area contributed by atoms with E-state index in [0.29, 0.717) is 19.7 Å². The third-order valence-electron chi connectivity index (χ3n) is 3.30. The molecule has 0 atom stereocenters. The first-order valence-electron chi connectivity index (χ1n) is 7.99. The van der Waals surface area contributed by atoms with E-state index in [1.165, 1.54) is 0 Å². The van der Waals surface area contributed by atoms with Crippen LogP contribution in [-0.4, -0.2) is 39.9 Å². The lowest BCUT2D eigenvalue weighted by atomic mass is 10.2. The summed E-state index contributed by atoms with van der Waals surface area (Å²) in [5.74, 6) is 0. The van der Waals surface area contributed by atoms with Crippen LogP contribution in [0.25, 0.3) is 0 Å². The smallest absolute Gasteiger partial charge is 0.315 e. The molecule has 1 aromatic rings. The Balaban J connectivity index is 2.10. The topological polar surface area (TPSA) is 53.6 Å². The molecule has 5 nitrogen and oxygen atoms in total. The summed E-state index contributed by atoms with van der Waals surface area (Å²) in [5, 5.41) is 5.69. The van der Waals surface area contributed by atoms with Gasteiger partial charge < -0.3 is 20.3 Å². The van der Waals surface area contributed by atoms with Crippen molar-refractivity contribution >= 4 is 11.7 Å². The van der Waals surface area contributed by atoms with Crippen LogP contribution in [0.15, 0.2) is 24.3 Å². The normalized spacial score (nSPS) is 10.3. The number of carbonyl (C=O) groups is 1. The van der Waals surface area contributed by atoms with Gasteiger partial charge in [-0.1, -0.05) is 25.5 Å². The quantitative estimate of drug-likeness (QED) is 0.654. The summed E-state index contributed by atoms with van der Waals surface area (Å²) in [5.41, 5.74) is 2.24. The van der Waals surface area contributed by atoms with Gasteiger partial charge in [-0.2, -0.15) is 0 Å². The van der Waals surface area contributed by atoms with Crippen molar-refractivity contribution in [2.24, 2.45) is 0 Å². The van der Waals surface area contributed by atoms with Crippen molar-refractivity contribution in [1.29, 1.82) is 0 Å². The SMILES string of the molecule is CCCCOCCCNC(=O)NCc1ccc(N(C)C)cc1. The lowest BCUT2D eigenvalue weighted by Crippen LogP contribution is -2.35. The van der Waals surface area contributed by atoms with Crippen molar-refractivity contribution in [2.45, 2.75) is 32.7 Å². The Labute approximate surface area is 134 Å². The minimum absolute atomic E-state index is 0.134. The molecule has 0 heterocycles. The number of ether oxygens (including phenoxy) is 1. The maximum absolute atomic E-state index is 11.7. The van der Waals surface area contributed by atoms with Crippen LogP contribution < -0.4 is 15.5 Å². The highest BCUT2D eigenvalue weighted by molar-refractivity contribution is 5.73. The molecule has 0 fully saturated rings. The number of hydrogen-bond donors (Lipinski definition) is 2. The van der Waals surface area contributed by atoms with E-state index in [4.69, 9.17) is 4.74 Å². The summed E-state index contributed by atoms with van der Waals surface area (Å²) in [6, 6.07) is 8.00. The second-order valence-electron chi connectivity index (χ2n) is 5.49. The van der Waals surface area contributed by atoms with Crippen LogP contribution in [0.1, 0.15) is 31.7 Å². The Morgan fingerprint density at radius 3 is 2.41 bits per heavy atom. The molecule has 0 aliphatic carbocycles. The second kappa shape index (κ2) is 10.9. The number of nitrogens with zero attached hydrogens (tertiary/aromatic N) is 1. The average Bonchev–Trinajstić information content (AvgIpc) is 2.52. The average molecular weight is 307 g/mol. The maximum Gasteiger partial charge on any atom is 0.315 e. The molecule has 0 saturated carbocycles. The van der Waals surface area contributed by atoms with E-state index in [0.717, 1.165) is 37.1 Å². The molecule has 0 saturated heterocycles. The molecular weight excluding hydrogens is 278 g/mol. The standard InChI is InChI=1S/C17H29N3O2/c1-4-5-12-22-13-6-11-18-17(21)19-14-15-7-9-16(10-8-15)20(2)3/h7-10H,4-6,11-14H2,1-3H3,(H2,18,19,21). The van der Waals surface area contributed by atoms with Gasteiger partial charge in [0, 0.05) is 46.1 Å². The van der Waals surface area contributed by atoms with Gasteiger partial charge >= 0.3 is 6.03 Å². The van der Waals surface area contributed by atoms with Gasteiger partial charge in [-0.05, 0) is 30.5 Å². The van der Waals surface area contributed by atoms with Crippen molar-refractivity contribution in [3.8, 4) is 0 Å². The number of urea groups is 1. The monoisotopic (exact) mass is 307 g/mol.